The number of nitrogens with one attached hydrogen (secondary N) is 1. The predicted octanol–water partition coefficient (Wildman–Crippen LogP) is 2.84. The van der Waals surface area contributed by atoms with Gasteiger partial charge < -0.3 is 14.5 Å². The summed E-state index contributed by atoms with van der Waals surface area (Å²) >= 11 is 5.27. The maximum atomic E-state index is 5.27. The average Bonchev–Trinajstić information content (AvgIpc) is 2.66. The summed E-state index contributed by atoms with van der Waals surface area (Å²) < 4.78 is 3.08. The lowest BCUT2D eigenvalue weighted by Gasteiger charge is -2.18. The van der Waals surface area contributed by atoms with Gasteiger partial charge in [-0.05, 0) is 44.7 Å². The van der Waals surface area contributed by atoms with Crippen molar-refractivity contribution in [3.63, 3.8) is 0 Å². The summed E-state index contributed by atoms with van der Waals surface area (Å²) in [4.78, 5) is 5.56. The molecule has 16 heavy (non-hydrogen) atoms. The fourth-order valence-electron chi connectivity index (χ4n) is 1.96. The van der Waals surface area contributed by atoms with Crippen LogP contribution in [0.5, 0.6) is 0 Å². The molecule has 1 rings (SSSR count). The highest BCUT2D eigenvalue weighted by molar-refractivity contribution is 7.71. The van der Waals surface area contributed by atoms with E-state index in [-0.39, 0.29) is 0 Å². The summed E-state index contributed by atoms with van der Waals surface area (Å²) in [5.74, 6) is 0. The van der Waals surface area contributed by atoms with Crippen LogP contribution in [0.3, 0.4) is 0 Å². The van der Waals surface area contributed by atoms with Crippen LogP contribution in [0.1, 0.15) is 32.9 Å². The summed E-state index contributed by atoms with van der Waals surface area (Å²) in [7, 11) is 0. The van der Waals surface area contributed by atoms with E-state index in [2.05, 4.69) is 35.2 Å². The van der Waals surface area contributed by atoms with E-state index in [0.717, 1.165) is 37.4 Å². The Labute approximate surface area is 103 Å². The molecule has 0 fully saturated rings. The molecular weight excluding hydrogens is 218 g/mol. The number of hydrogen-bond acceptors (Lipinski definition) is 2. The Balaban J connectivity index is 2.48. The average molecular weight is 241 g/mol. The molecule has 1 heterocycles. The van der Waals surface area contributed by atoms with Crippen molar-refractivity contribution in [1.29, 1.82) is 0 Å². The van der Waals surface area contributed by atoms with Gasteiger partial charge in [0.25, 0.3) is 0 Å². The normalized spacial score (nSPS) is 11.2. The first-order chi connectivity index (χ1) is 7.72. The molecule has 0 bridgehead atoms. The van der Waals surface area contributed by atoms with Gasteiger partial charge >= 0.3 is 0 Å². The fourth-order valence-corrected chi connectivity index (χ4v) is 2.23. The number of imidazole rings is 1. The lowest BCUT2D eigenvalue weighted by Crippen LogP contribution is -2.25. The molecule has 0 saturated heterocycles. The standard InChI is InChI=1S/C12H23N3S/c1-4-11-10-13-12(16)15(11)9-7-8-14(5-2)6-3/h10H,4-9H2,1-3H3,(H,13,16). The summed E-state index contributed by atoms with van der Waals surface area (Å²) in [6, 6.07) is 0. The number of aromatic nitrogens is 2. The van der Waals surface area contributed by atoms with Crippen LogP contribution in [0.2, 0.25) is 0 Å². The van der Waals surface area contributed by atoms with Gasteiger partial charge in [-0.3, -0.25) is 0 Å². The van der Waals surface area contributed by atoms with Crippen LogP contribution in [0, 0.1) is 4.77 Å². The molecular formula is C12H23N3S. The molecule has 0 atom stereocenters. The highest BCUT2D eigenvalue weighted by atomic mass is 32.1. The van der Waals surface area contributed by atoms with Crippen molar-refractivity contribution < 1.29 is 0 Å². The van der Waals surface area contributed by atoms with Gasteiger partial charge in [0, 0.05) is 18.4 Å². The summed E-state index contributed by atoms with van der Waals surface area (Å²) in [6.45, 7) is 11.0. The largest absolute Gasteiger partial charge is 0.337 e. The van der Waals surface area contributed by atoms with E-state index in [1.54, 1.807) is 0 Å². The topological polar surface area (TPSA) is 24.0 Å². The van der Waals surface area contributed by atoms with Crippen LogP contribution in [-0.2, 0) is 13.0 Å². The maximum absolute atomic E-state index is 5.27. The van der Waals surface area contributed by atoms with Gasteiger partial charge in [-0.15, -0.1) is 0 Å². The highest BCUT2D eigenvalue weighted by Crippen LogP contribution is 2.04. The van der Waals surface area contributed by atoms with Gasteiger partial charge in [0.1, 0.15) is 0 Å². The minimum Gasteiger partial charge on any atom is -0.337 e. The molecule has 0 spiro atoms. The minimum absolute atomic E-state index is 0.858. The third-order valence-corrected chi connectivity index (χ3v) is 3.41. The van der Waals surface area contributed by atoms with Crippen LogP contribution in [0.15, 0.2) is 6.20 Å². The second-order valence-corrected chi connectivity index (χ2v) is 4.36. The second-order valence-electron chi connectivity index (χ2n) is 3.97. The van der Waals surface area contributed by atoms with Crippen LogP contribution in [0.25, 0.3) is 0 Å². The lowest BCUT2D eigenvalue weighted by molar-refractivity contribution is 0.292. The van der Waals surface area contributed by atoms with E-state index in [1.807, 2.05) is 6.20 Å². The van der Waals surface area contributed by atoms with Gasteiger partial charge in [-0.2, -0.15) is 0 Å². The van der Waals surface area contributed by atoms with E-state index in [4.69, 9.17) is 12.2 Å². The molecule has 1 aromatic heterocycles. The van der Waals surface area contributed by atoms with Gasteiger partial charge in [-0.25, -0.2) is 0 Å². The highest BCUT2D eigenvalue weighted by Gasteiger charge is 2.03. The molecule has 0 amide bonds. The molecule has 1 N–H and O–H groups in total. The molecule has 0 aliphatic carbocycles. The molecule has 0 aromatic carbocycles. The molecule has 0 aliphatic heterocycles. The first kappa shape index (κ1) is 13.5. The van der Waals surface area contributed by atoms with Crippen LogP contribution >= 0.6 is 12.2 Å². The molecule has 0 radical (unpaired) electrons. The summed E-state index contributed by atoms with van der Waals surface area (Å²) in [5.41, 5.74) is 1.31. The SMILES string of the molecule is CCc1c[nH]c(=S)n1CCCN(CC)CC. The Morgan fingerprint density at radius 1 is 1.31 bits per heavy atom. The Morgan fingerprint density at radius 2 is 2.00 bits per heavy atom. The Hall–Kier alpha value is -0.610. The number of H-pyrrole nitrogens is 1. The van der Waals surface area contributed by atoms with Crippen molar-refractivity contribution in [2.24, 2.45) is 0 Å². The number of hydrogen-bond donors (Lipinski definition) is 1. The molecule has 0 saturated carbocycles. The van der Waals surface area contributed by atoms with Crippen molar-refractivity contribution in [2.75, 3.05) is 19.6 Å². The van der Waals surface area contributed by atoms with Crippen LogP contribution in [-0.4, -0.2) is 34.1 Å². The number of rotatable bonds is 7. The predicted molar refractivity (Wildman–Crippen MR) is 71.4 cm³/mol. The summed E-state index contributed by atoms with van der Waals surface area (Å²) in [6.07, 6.45) is 4.24. The molecule has 0 unspecified atom stereocenters. The van der Waals surface area contributed by atoms with Gasteiger partial charge in [-0.1, -0.05) is 20.8 Å². The Bertz CT molecular complexity index is 349. The minimum atomic E-state index is 0.858. The van der Waals surface area contributed by atoms with E-state index >= 15 is 0 Å². The quantitative estimate of drug-likeness (QED) is 0.742. The Morgan fingerprint density at radius 3 is 2.56 bits per heavy atom. The molecule has 92 valence electrons. The van der Waals surface area contributed by atoms with E-state index < -0.39 is 0 Å². The fraction of sp³-hybridized carbons (Fsp3) is 0.750. The van der Waals surface area contributed by atoms with Crippen molar-refractivity contribution in [3.05, 3.63) is 16.7 Å². The van der Waals surface area contributed by atoms with E-state index in [1.165, 1.54) is 12.1 Å². The third-order valence-electron chi connectivity index (χ3n) is 3.07. The van der Waals surface area contributed by atoms with Crippen molar-refractivity contribution >= 4 is 12.2 Å². The van der Waals surface area contributed by atoms with Crippen LogP contribution < -0.4 is 0 Å². The summed E-state index contributed by atoms with van der Waals surface area (Å²) in [5, 5.41) is 0. The monoisotopic (exact) mass is 241 g/mol. The van der Waals surface area contributed by atoms with Crippen molar-refractivity contribution in [2.45, 2.75) is 40.2 Å². The van der Waals surface area contributed by atoms with Gasteiger partial charge in [0.2, 0.25) is 0 Å². The third kappa shape index (κ3) is 3.46. The zero-order valence-electron chi connectivity index (χ0n) is 10.6. The number of aryl methyl sites for hydroxylation is 1. The lowest BCUT2D eigenvalue weighted by atomic mass is 10.3. The van der Waals surface area contributed by atoms with Crippen molar-refractivity contribution in [3.8, 4) is 0 Å². The Kier molecular flexibility index (Phi) is 5.77. The van der Waals surface area contributed by atoms with E-state index in [0.29, 0.717) is 0 Å². The van der Waals surface area contributed by atoms with Crippen molar-refractivity contribution in [1.82, 2.24) is 14.5 Å². The zero-order valence-corrected chi connectivity index (χ0v) is 11.4. The first-order valence-electron chi connectivity index (χ1n) is 6.22. The second kappa shape index (κ2) is 6.86. The molecule has 3 nitrogen and oxygen atoms in total. The van der Waals surface area contributed by atoms with Crippen LogP contribution in [0.4, 0.5) is 0 Å². The molecule has 1 aromatic rings. The first-order valence-corrected chi connectivity index (χ1v) is 6.63. The van der Waals surface area contributed by atoms with Gasteiger partial charge in [0.05, 0.1) is 0 Å². The van der Waals surface area contributed by atoms with Gasteiger partial charge in [0.15, 0.2) is 4.77 Å². The smallest absolute Gasteiger partial charge is 0.177 e. The number of aromatic amines is 1. The zero-order chi connectivity index (χ0) is 12.0. The maximum Gasteiger partial charge on any atom is 0.177 e. The molecule has 0 aliphatic rings. The van der Waals surface area contributed by atoms with E-state index in [9.17, 15) is 0 Å². The number of nitrogens with zero attached hydrogens (tertiary/aromatic N) is 2. The molecule has 4 heteroatoms.